The number of quaternary nitrogens is 1. The molecule has 3 nitrogen and oxygen atoms in total. The topological polar surface area (TPSA) is 37.3 Å². The summed E-state index contributed by atoms with van der Waals surface area (Å²) in [5.41, 5.74) is 1.93. The Bertz CT molecular complexity index is 483. The first-order chi connectivity index (χ1) is 8.63. The van der Waals surface area contributed by atoms with E-state index in [-0.39, 0.29) is 11.0 Å². The number of hydrogen-bond donors (Lipinski definition) is 1. The number of carboxylic acids is 1. The van der Waals surface area contributed by atoms with Crippen LogP contribution in [-0.4, -0.2) is 24.7 Å². The molecule has 0 heterocycles. The highest BCUT2D eigenvalue weighted by Gasteiger charge is 2.30. The van der Waals surface area contributed by atoms with Gasteiger partial charge in [0.1, 0.15) is 11.4 Å². The van der Waals surface area contributed by atoms with Crippen molar-refractivity contribution in [3.8, 4) is 0 Å². The van der Waals surface area contributed by atoms with Gasteiger partial charge in [-0.2, -0.15) is 0 Å². The number of hydrogen-bond acceptors (Lipinski definition) is 1. The van der Waals surface area contributed by atoms with Gasteiger partial charge < -0.3 is 5.11 Å². The lowest BCUT2D eigenvalue weighted by atomic mass is 10.2. The third kappa shape index (κ3) is 2.41. The fourth-order valence-electron chi connectivity index (χ4n) is 2.12. The van der Waals surface area contributed by atoms with E-state index < -0.39 is 5.97 Å². The van der Waals surface area contributed by atoms with Crippen LogP contribution in [0.3, 0.4) is 0 Å². The van der Waals surface area contributed by atoms with E-state index in [1.807, 2.05) is 67.7 Å². The van der Waals surface area contributed by atoms with Gasteiger partial charge in [0.2, 0.25) is 0 Å². The second kappa shape index (κ2) is 5.02. The Morgan fingerprint density at radius 3 is 1.67 bits per heavy atom. The highest BCUT2D eigenvalue weighted by atomic mass is 16.4. The Morgan fingerprint density at radius 1 is 0.944 bits per heavy atom. The molecule has 3 heteroatoms. The second-order valence-corrected chi connectivity index (χ2v) is 4.41. The third-order valence-electron chi connectivity index (χ3n) is 3.10. The fourth-order valence-corrected chi connectivity index (χ4v) is 2.12. The minimum absolute atomic E-state index is 0.0219. The summed E-state index contributed by atoms with van der Waals surface area (Å²) < 4.78 is 0.261. The smallest absolute Gasteiger partial charge is 0.360 e. The van der Waals surface area contributed by atoms with Crippen LogP contribution in [0.2, 0.25) is 0 Å². The van der Waals surface area contributed by atoms with Crippen molar-refractivity contribution in [3.05, 3.63) is 60.7 Å². The number of benzene rings is 2. The first kappa shape index (κ1) is 12.3. The molecule has 92 valence electrons. The second-order valence-electron chi connectivity index (χ2n) is 4.41. The van der Waals surface area contributed by atoms with Crippen molar-refractivity contribution in [2.45, 2.75) is 0 Å². The molecule has 0 aromatic heterocycles. The van der Waals surface area contributed by atoms with Gasteiger partial charge in [0.15, 0.2) is 6.54 Å². The van der Waals surface area contributed by atoms with Crippen LogP contribution < -0.4 is 4.48 Å². The third-order valence-corrected chi connectivity index (χ3v) is 3.10. The highest BCUT2D eigenvalue weighted by molar-refractivity contribution is 5.75. The molecule has 18 heavy (non-hydrogen) atoms. The molecular weight excluding hydrogens is 226 g/mol. The largest absolute Gasteiger partial charge is 0.477 e. The molecule has 1 N–H and O–H groups in total. The van der Waals surface area contributed by atoms with E-state index >= 15 is 0 Å². The number of aliphatic carboxylic acids is 1. The normalized spacial score (nSPS) is 11.2. The van der Waals surface area contributed by atoms with E-state index in [0.29, 0.717) is 0 Å². The summed E-state index contributed by atoms with van der Waals surface area (Å²) >= 11 is 0. The number of likely N-dealkylation sites (N-methyl/N-ethyl adjacent to an activating group) is 1. The lowest BCUT2D eigenvalue weighted by molar-refractivity contribution is -0.137. The van der Waals surface area contributed by atoms with Crippen LogP contribution in [0.25, 0.3) is 0 Å². The molecule has 0 atom stereocenters. The van der Waals surface area contributed by atoms with Gasteiger partial charge in [-0.15, -0.1) is 0 Å². The van der Waals surface area contributed by atoms with E-state index in [9.17, 15) is 4.79 Å². The van der Waals surface area contributed by atoms with Crippen molar-refractivity contribution in [2.24, 2.45) is 0 Å². The number of carboxylic acid groups (broad SMARTS) is 1. The van der Waals surface area contributed by atoms with Gasteiger partial charge in [-0.25, -0.2) is 4.79 Å². The van der Waals surface area contributed by atoms with Crippen LogP contribution in [0.1, 0.15) is 0 Å². The van der Waals surface area contributed by atoms with Crippen molar-refractivity contribution in [1.29, 1.82) is 0 Å². The molecule has 0 spiro atoms. The molecule has 0 fully saturated rings. The molecule has 0 radical (unpaired) electrons. The van der Waals surface area contributed by atoms with Gasteiger partial charge >= 0.3 is 5.97 Å². The van der Waals surface area contributed by atoms with Crippen molar-refractivity contribution in [2.75, 3.05) is 13.6 Å². The molecule has 0 saturated heterocycles. The van der Waals surface area contributed by atoms with Crippen molar-refractivity contribution < 1.29 is 9.90 Å². The first-order valence-electron chi connectivity index (χ1n) is 5.81. The number of carbonyl (C=O) groups is 1. The molecule has 0 bridgehead atoms. The van der Waals surface area contributed by atoms with Crippen LogP contribution in [-0.2, 0) is 4.79 Å². The summed E-state index contributed by atoms with van der Waals surface area (Å²) in [6, 6.07) is 19.4. The lowest BCUT2D eigenvalue weighted by Gasteiger charge is -2.31. The molecular formula is C15H16NO2+. The molecule has 0 saturated carbocycles. The maximum Gasteiger partial charge on any atom is 0.360 e. The van der Waals surface area contributed by atoms with Crippen molar-refractivity contribution >= 4 is 17.3 Å². The summed E-state index contributed by atoms with van der Waals surface area (Å²) in [7, 11) is 1.92. The zero-order chi connectivity index (χ0) is 13.0. The van der Waals surface area contributed by atoms with E-state index in [1.54, 1.807) is 0 Å². The molecule has 2 aromatic carbocycles. The van der Waals surface area contributed by atoms with Crippen molar-refractivity contribution in [1.82, 2.24) is 4.48 Å². The molecule has 0 amide bonds. The highest BCUT2D eigenvalue weighted by Crippen LogP contribution is 2.31. The van der Waals surface area contributed by atoms with Gasteiger partial charge in [-0.1, -0.05) is 36.4 Å². The summed E-state index contributed by atoms with van der Waals surface area (Å²) in [4.78, 5) is 11.1. The molecule has 2 rings (SSSR count). The Hall–Kier alpha value is -2.13. The van der Waals surface area contributed by atoms with E-state index in [2.05, 4.69) is 0 Å². The van der Waals surface area contributed by atoms with E-state index in [0.717, 1.165) is 11.4 Å². The maximum atomic E-state index is 11.1. The van der Waals surface area contributed by atoms with E-state index in [4.69, 9.17) is 5.11 Å². The maximum absolute atomic E-state index is 11.1. The fraction of sp³-hybridized carbons (Fsp3) is 0.133. The van der Waals surface area contributed by atoms with Crippen LogP contribution in [0.5, 0.6) is 0 Å². The predicted molar refractivity (Wildman–Crippen MR) is 72.8 cm³/mol. The number of rotatable bonds is 4. The lowest BCUT2D eigenvalue weighted by Crippen LogP contribution is -2.44. The Labute approximate surface area is 107 Å². The van der Waals surface area contributed by atoms with E-state index in [1.165, 1.54) is 0 Å². The van der Waals surface area contributed by atoms with Crippen LogP contribution in [0, 0.1) is 0 Å². The summed E-state index contributed by atoms with van der Waals surface area (Å²) in [5, 5.41) is 9.16. The average molecular weight is 242 g/mol. The Morgan fingerprint density at radius 2 is 1.33 bits per heavy atom. The predicted octanol–water partition coefficient (Wildman–Crippen LogP) is 3.04. The number of para-hydroxylation sites is 2. The Balaban J connectivity index is 2.51. The summed E-state index contributed by atoms with van der Waals surface area (Å²) in [6.07, 6.45) is 0. The quantitative estimate of drug-likeness (QED) is 0.837. The standard InChI is InChI=1S/C15H15NO2/c1-16(12-15(17)18,13-8-4-2-5-9-13)14-10-6-3-7-11-14/h2-11H,12H2,1H3/p+1. The summed E-state index contributed by atoms with van der Waals surface area (Å²) in [5.74, 6) is -0.815. The van der Waals surface area contributed by atoms with Crippen LogP contribution in [0.4, 0.5) is 11.4 Å². The first-order valence-corrected chi connectivity index (χ1v) is 5.81. The van der Waals surface area contributed by atoms with Crippen LogP contribution >= 0.6 is 0 Å². The van der Waals surface area contributed by atoms with Gasteiger partial charge in [-0.05, 0) is 24.3 Å². The number of nitrogens with zero attached hydrogens (tertiary/aromatic N) is 1. The average Bonchev–Trinajstić information content (AvgIpc) is 2.40. The van der Waals surface area contributed by atoms with Gasteiger partial charge in [0.05, 0.1) is 7.05 Å². The molecule has 0 aliphatic heterocycles. The Kier molecular flexibility index (Phi) is 3.44. The SMILES string of the molecule is C[N+](CC(=O)O)(c1ccccc1)c1ccccc1. The van der Waals surface area contributed by atoms with Gasteiger partial charge in [0.25, 0.3) is 0 Å². The summed E-state index contributed by atoms with van der Waals surface area (Å²) in [6.45, 7) is 0.0219. The van der Waals surface area contributed by atoms with Crippen molar-refractivity contribution in [3.63, 3.8) is 0 Å². The molecule has 0 unspecified atom stereocenters. The monoisotopic (exact) mass is 242 g/mol. The minimum atomic E-state index is -0.815. The minimum Gasteiger partial charge on any atom is -0.477 e. The van der Waals surface area contributed by atoms with Gasteiger partial charge in [0, 0.05) is 0 Å². The zero-order valence-electron chi connectivity index (χ0n) is 10.3. The van der Waals surface area contributed by atoms with Gasteiger partial charge in [-0.3, -0.25) is 4.48 Å². The van der Waals surface area contributed by atoms with Crippen LogP contribution in [0.15, 0.2) is 60.7 Å². The zero-order valence-corrected chi connectivity index (χ0v) is 10.3. The molecule has 0 aliphatic rings. The molecule has 0 aliphatic carbocycles. The molecule has 2 aromatic rings.